The van der Waals surface area contributed by atoms with Crippen LogP contribution in [0.5, 0.6) is 0 Å². The summed E-state index contributed by atoms with van der Waals surface area (Å²) in [6.07, 6.45) is 1.85. The normalized spacial score (nSPS) is 25.9. The third kappa shape index (κ3) is 1.55. The van der Waals surface area contributed by atoms with Gasteiger partial charge in [0.15, 0.2) is 11.5 Å². The van der Waals surface area contributed by atoms with Crippen LogP contribution >= 0.6 is 0 Å². The smallest absolute Gasteiger partial charge is 0.230 e. The lowest BCUT2D eigenvalue weighted by Gasteiger charge is -2.39. The van der Waals surface area contributed by atoms with Gasteiger partial charge in [0, 0.05) is 32.6 Å². The molecule has 0 saturated carbocycles. The summed E-state index contributed by atoms with van der Waals surface area (Å²) in [6.45, 7) is 1.90. The monoisotopic (exact) mass is 200 g/mol. The number of rotatable bonds is 3. The number of hydrogen-bond donors (Lipinski definition) is 0. The molecular formula is C10H16O4. The molecule has 1 aliphatic rings. The number of carbonyl (C=O) groups is 1. The molecule has 80 valence electrons. The first-order chi connectivity index (χ1) is 6.60. The molecule has 1 aliphatic carbocycles. The second-order valence-electron chi connectivity index (χ2n) is 3.36. The third-order valence-electron chi connectivity index (χ3n) is 2.62. The highest BCUT2D eigenvalue weighted by Crippen LogP contribution is 2.36. The van der Waals surface area contributed by atoms with Crippen LogP contribution < -0.4 is 0 Å². The van der Waals surface area contributed by atoms with Crippen LogP contribution in [0.25, 0.3) is 0 Å². The maximum atomic E-state index is 11.3. The molecule has 0 N–H and O–H groups in total. The van der Waals surface area contributed by atoms with Crippen LogP contribution in [-0.4, -0.2) is 32.9 Å². The Kier molecular flexibility index (Phi) is 3.29. The number of ether oxygens (including phenoxy) is 3. The van der Waals surface area contributed by atoms with Gasteiger partial charge in [-0.2, -0.15) is 0 Å². The lowest BCUT2D eigenvalue weighted by molar-refractivity contribution is -0.232. The van der Waals surface area contributed by atoms with Crippen molar-refractivity contribution >= 4 is 5.78 Å². The predicted octanol–water partition coefficient (Wildman–Crippen LogP) is 1.11. The SMILES string of the molecule is COC1=CC(=O)CC(C)C1(OC)OC. The minimum absolute atomic E-state index is 0.0408. The Labute approximate surface area is 83.8 Å². The van der Waals surface area contributed by atoms with E-state index in [4.69, 9.17) is 14.2 Å². The molecule has 0 radical (unpaired) electrons. The molecule has 0 aromatic rings. The van der Waals surface area contributed by atoms with Crippen molar-refractivity contribution in [1.82, 2.24) is 0 Å². The molecule has 1 rings (SSSR count). The van der Waals surface area contributed by atoms with E-state index in [1.807, 2.05) is 6.92 Å². The topological polar surface area (TPSA) is 44.8 Å². The van der Waals surface area contributed by atoms with E-state index < -0.39 is 5.79 Å². The Bertz CT molecular complexity index is 253. The van der Waals surface area contributed by atoms with Crippen molar-refractivity contribution in [2.75, 3.05) is 21.3 Å². The van der Waals surface area contributed by atoms with Gasteiger partial charge in [-0.15, -0.1) is 0 Å². The average molecular weight is 200 g/mol. The van der Waals surface area contributed by atoms with E-state index in [0.717, 1.165) is 0 Å². The second-order valence-corrected chi connectivity index (χ2v) is 3.36. The fourth-order valence-electron chi connectivity index (χ4n) is 1.87. The maximum absolute atomic E-state index is 11.3. The molecule has 14 heavy (non-hydrogen) atoms. The highest BCUT2D eigenvalue weighted by molar-refractivity contribution is 5.91. The van der Waals surface area contributed by atoms with Crippen molar-refractivity contribution in [3.8, 4) is 0 Å². The Hall–Kier alpha value is -0.870. The molecule has 0 aromatic carbocycles. The number of ketones is 1. The molecule has 4 nitrogen and oxygen atoms in total. The molecule has 0 aromatic heterocycles. The number of carbonyl (C=O) groups excluding carboxylic acids is 1. The van der Waals surface area contributed by atoms with Crippen LogP contribution in [0, 0.1) is 5.92 Å². The van der Waals surface area contributed by atoms with Crippen molar-refractivity contribution in [3.05, 3.63) is 11.8 Å². The molecule has 1 atom stereocenters. The summed E-state index contributed by atoms with van der Waals surface area (Å²) >= 11 is 0. The predicted molar refractivity (Wildman–Crippen MR) is 50.6 cm³/mol. The van der Waals surface area contributed by atoms with Gasteiger partial charge in [0.1, 0.15) is 0 Å². The third-order valence-corrected chi connectivity index (χ3v) is 2.62. The van der Waals surface area contributed by atoms with Gasteiger partial charge >= 0.3 is 0 Å². The van der Waals surface area contributed by atoms with Gasteiger partial charge in [-0.3, -0.25) is 4.79 Å². The van der Waals surface area contributed by atoms with Gasteiger partial charge in [0.25, 0.3) is 0 Å². The highest BCUT2D eigenvalue weighted by atomic mass is 16.7. The number of hydrogen-bond acceptors (Lipinski definition) is 4. The fourth-order valence-corrected chi connectivity index (χ4v) is 1.87. The van der Waals surface area contributed by atoms with Crippen molar-refractivity contribution < 1.29 is 19.0 Å². The maximum Gasteiger partial charge on any atom is 0.230 e. The van der Waals surface area contributed by atoms with Crippen LogP contribution in [0.3, 0.4) is 0 Å². The Morgan fingerprint density at radius 3 is 2.36 bits per heavy atom. The molecule has 0 saturated heterocycles. The first-order valence-electron chi connectivity index (χ1n) is 4.50. The summed E-state index contributed by atoms with van der Waals surface area (Å²) in [4.78, 5) is 11.3. The number of allylic oxidation sites excluding steroid dienone is 1. The zero-order valence-electron chi connectivity index (χ0n) is 8.99. The summed E-state index contributed by atoms with van der Waals surface area (Å²) < 4.78 is 15.8. The summed E-state index contributed by atoms with van der Waals surface area (Å²) in [6, 6.07) is 0. The van der Waals surface area contributed by atoms with E-state index >= 15 is 0 Å². The Balaban J connectivity index is 3.11. The van der Waals surface area contributed by atoms with E-state index in [1.54, 1.807) is 14.2 Å². The van der Waals surface area contributed by atoms with Gasteiger partial charge in [0.05, 0.1) is 7.11 Å². The van der Waals surface area contributed by atoms with Crippen molar-refractivity contribution in [2.45, 2.75) is 19.1 Å². The molecule has 0 aliphatic heterocycles. The lowest BCUT2D eigenvalue weighted by Crippen LogP contribution is -2.46. The van der Waals surface area contributed by atoms with Gasteiger partial charge < -0.3 is 14.2 Å². The van der Waals surface area contributed by atoms with Gasteiger partial charge in [-0.25, -0.2) is 0 Å². The van der Waals surface area contributed by atoms with E-state index in [1.165, 1.54) is 13.2 Å². The van der Waals surface area contributed by atoms with E-state index in [9.17, 15) is 4.79 Å². The van der Waals surface area contributed by atoms with Gasteiger partial charge in [0.2, 0.25) is 5.79 Å². The Morgan fingerprint density at radius 1 is 1.36 bits per heavy atom. The van der Waals surface area contributed by atoms with E-state index in [0.29, 0.717) is 12.2 Å². The van der Waals surface area contributed by atoms with E-state index in [2.05, 4.69) is 0 Å². The zero-order chi connectivity index (χ0) is 10.8. The van der Waals surface area contributed by atoms with Gasteiger partial charge in [-0.05, 0) is 0 Å². The highest BCUT2D eigenvalue weighted by Gasteiger charge is 2.45. The van der Waals surface area contributed by atoms with Crippen LogP contribution in [-0.2, 0) is 19.0 Å². The first kappa shape index (κ1) is 11.2. The molecule has 0 amide bonds. The van der Waals surface area contributed by atoms with Crippen LogP contribution in [0.4, 0.5) is 0 Å². The first-order valence-corrected chi connectivity index (χ1v) is 4.50. The lowest BCUT2D eigenvalue weighted by atomic mass is 9.87. The summed E-state index contributed by atoms with van der Waals surface area (Å²) in [5, 5.41) is 0. The van der Waals surface area contributed by atoms with Crippen molar-refractivity contribution in [2.24, 2.45) is 5.92 Å². The molecular weight excluding hydrogens is 184 g/mol. The van der Waals surface area contributed by atoms with E-state index in [-0.39, 0.29) is 11.7 Å². The molecule has 0 spiro atoms. The average Bonchev–Trinajstić information content (AvgIpc) is 2.17. The quantitative estimate of drug-likeness (QED) is 0.640. The van der Waals surface area contributed by atoms with Crippen molar-refractivity contribution in [3.63, 3.8) is 0 Å². The van der Waals surface area contributed by atoms with Gasteiger partial charge in [-0.1, -0.05) is 6.92 Å². The van der Waals surface area contributed by atoms with Crippen molar-refractivity contribution in [1.29, 1.82) is 0 Å². The molecule has 0 fully saturated rings. The number of methoxy groups -OCH3 is 3. The molecule has 0 bridgehead atoms. The Morgan fingerprint density at radius 2 is 1.93 bits per heavy atom. The summed E-state index contributed by atoms with van der Waals surface area (Å²) in [7, 11) is 4.59. The van der Waals surface area contributed by atoms with Crippen LogP contribution in [0.1, 0.15) is 13.3 Å². The molecule has 1 unspecified atom stereocenters. The zero-order valence-corrected chi connectivity index (χ0v) is 8.99. The fraction of sp³-hybridized carbons (Fsp3) is 0.700. The molecule has 4 heteroatoms. The molecule has 0 heterocycles. The van der Waals surface area contributed by atoms with Crippen LogP contribution in [0.15, 0.2) is 11.8 Å². The standard InChI is InChI=1S/C10H16O4/c1-7-5-8(11)6-9(12-2)10(7,13-3)14-4/h6-7H,5H2,1-4H3. The van der Waals surface area contributed by atoms with Crippen LogP contribution in [0.2, 0.25) is 0 Å². The summed E-state index contributed by atoms with van der Waals surface area (Å²) in [5.74, 6) is -0.488. The second kappa shape index (κ2) is 4.11. The minimum Gasteiger partial charge on any atom is -0.495 e. The largest absolute Gasteiger partial charge is 0.495 e. The summed E-state index contributed by atoms with van der Waals surface area (Å²) in [5.41, 5.74) is 0. The minimum atomic E-state index is -0.914.